The first-order valence-electron chi connectivity index (χ1n) is 7.93. The zero-order valence-corrected chi connectivity index (χ0v) is 15.3. The Morgan fingerprint density at radius 1 is 1.27 bits per heavy atom. The van der Waals surface area contributed by atoms with Crippen LogP contribution in [0, 0.1) is 16.2 Å². The first-order chi connectivity index (χ1) is 9.80. The van der Waals surface area contributed by atoms with Crippen molar-refractivity contribution in [2.24, 2.45) is 21.2 Å². The number of rotatable bonds is 4. The van der Waals surface area contributed by atoms with E-state index in [1.54, 1.807) is 0 Å². The van der Waals surface area contributed by atoms with Gasteiger partial charge < -0.3 is 15.2 Å². The van der Waals surface area contributed by atoms with Crippen LogP contribution in [0.15, 0.2) is 4.99 Å². The minimum Gasteiger partial charge on any atom is -0.478 e. The second-order valence-electron chi connectivity index (χ2n) is 8.83. The van der Waals surface area contributed by atoms with Crippen LogP contribution in [-0.2, 0) is 9.53 Å². The van der Waals surface area contributed by atoms with Gasteiger partial charge in [0, 0.05) is 0 Å². The number of carbonyl (C=O) groups is 1. The van der Waals surface area contributed by atoms with Gasteiger partial charge in [-0.05, 0) is 24.7 Å². The van der Waals surface area contributed by atoms with Crippen LogP contribution in [0.3, 0.4) is 0 Å². The van der Waals surface area contributed by atoms with Gasteiger partial charge in [-0.15, -0.1) is 0 Å². The van der Waals surface area contributed by atoms with Crippen LogP contribution < -0.4 is 5.32 Å². The molecule has 128 valence electrons. The molecule has 0 saturated heterocycles. The van der Waals surface area contributed by atoms with E-state index in [-0.39, 0.29) is 35.4 Å². The van der Waals surface area contributed by atoms with Gasteiger partial charge in [-0.2, -0.15) is 0 Å². The van der Waals surface area contributed by atoms with Crippen molar-refractivity contribution < 1.29 is 14.6 Å². The van der Waals surface area contributed by atoms with Gasteiger partial charge in [-0.25, -0.2) is 4.99 Å². The second-order valence-corrected chi connectivity index (χ2v) is 8.83. The highest BCUT2D eigenvalue weighted by molar-refractivity contribution is 6.04. The van der Waals surface area contributed by atoms with Gasteiger partial charge in [0.25, 0.3) is 0 Å². The summed E-state index contributed by atoms with van der Waals surface area (Å²) in [6, 6.07) is -0.245. The molecule has 0 unspecified atom stereocenters. The van der Waals surface area contributed by atoms with Crippen LogP contribution in [-0.4, -0.2) is 42.2 Å². The molecule has 0 aromatic carbocycles. The van der Waals surface area contributed by atoms with E-state index < -0.39 is 5.41 Å². The number of aliphatic hydroxyl groups is 1. The van der Waals surface area contributed by atoms with Crippen LogP contribution in [0.5, 0.6) is 0 Å². The maximum absolute atomic E-state index is 12.6. The Bertz CT molecular complexity index is 442. The van der Waals surface area contributed by atoms with Gasteiger partial charge in [0.1, 0.15) is 12.0 Å². The molecule has 5 nitrogen and oxygen atoms in total. The molecule has 0 bridgehead atoms. The van der Waals surface area contributed by atoms with Gasteiger partial charge in [0.2, 0.25) is 5.91 Å². The summed E-state index contributed by atoms with van der Waals surface area (Å²) < 4.78 is 5.71. The summed E-state index contributed by atoms with van der Waals surface area (Å²) in [7, 11) is 0. The highest BCUT2D eigenvalue weighted by atomic mass is 16.5. The summed E-state index contributed by atoms with van der Waals surface area (Å²) in [4.78, 5) is 17.3. The summed E-state index contributed by atoms with van der Waals surface area (Å²) in [5.74, 6) is 0.310. The van der Waals surface area contributed by atoms with E-state index in [1.165, 1.54) is 0 Å². The number of nitrogens with one attached hydrogen (secondary N) is 1. The number of carbonyl (C=O) groups excluding carboxylic acids is 1. The first kappa shape index (κ1) is 18.9. The Hall–Kier alpha value is -1.10. The van der Waals surface area contributed by atoms with Crippen LogP contribution in [0.2, 0.25) is 0 Å². The molecule has 1 amide bonds. The Kier molecular flexibility index (Phi) is 5.33. The molecule has 0 radical (unpaired) electrons. The van der Waals surface area contributed by atoms with E-state index in [0.717, 1.165) is 0 Å². The highest BCUT2D eigenvalue weighted by Crippen LogP contribution is 2.31. The summed E-state index contributed by atoms with van der Waals surface area (Å²) in [6.45, 7) is 16.3. The highest BCUT2D eigenvalue weighted by Gasteiger charge is 2.42. The van der Waals surface area contributed by atoms with E-state index in [9.17, 15) is 9.90 Å². The molecular weight excluding hydrogens is 280 g/mol. The molecule has 2 atom stereocenters. The molecule has 0 spiro atoms. The van der Waals surface area contributed by atoms with Gasteiger partial charge in [-0.3, -0.25) is 4.79 Å². The molecule has 0 saturated carbocycles. The lowest BCUT2D eigenvalue weighted by Crippen LogP contribution is -2.52. The van der Waals surface area contributed by atoms with Crippen molar-refractivity contribution in [3.05, 3.63) is 0 Å². The van der Waals surface area contributed by atoms with Crippen molar-refractivity contribution in [2.45, 2.75) is 67.5 Å². The number of hydrogen-bond donors (Lipinski definition) is 2. The van der Waals surface area contributed by atoms with Crippen molar-refractivity contribution in [2.75, 3.05) is 13.2 Å². The van der Waals surface area contributed by atoms with Crippen molar-refractivity contribution in [3.8, 4) is 0 Å². The third kappa shape index (κ3) is 4.22. The SMILES string of the molecule is CC(C)(C(=O)N[C@H](CO)C(C)(C)C)C1=N[C@H](C(C)(C)C)CO1. The van der Waals surface area contributed by atoms with E-state index in [1.807, 2.05) is 34.6 Å². The molecule has 0 fully saturated rings. The Morgan fingerprint density at radius 3 is 2.18 bits per heavy atom. The normalized spacial score (nSPS) is 21.1. The quantitative estimate of drug-likeness (QED) is 0.837. The van der Waals surface area contributed by atoms with Crippen molar-refractivity contribution in [1.29, 1.82) is 0 Å². The second kappa shape index (κ2) is 6.19. The standard InChI is InChI=1S/C17H32N2O3/c1-15(2,3)11(9-20)18-13(21)17(7,8)14-19-12(10-22-14)16(4,5)6/h11-12,20H,9-10H2,1-8H3,(H,18,21)/t11-,12+/m1/s1. The number of nitrogens with zero attached hydrogens (tertiary/aromatic N) is 1. The van der Waals surface area contributed by atoms with Gasteiger partial charge in [-0.1, -0.05) is 41.5 Å². The predicted octanol–water partition coefficient (Wildman–Crippen LogP) is 2.38. The number of amides is 1. The fourth-order valence-electron chi connectivity index (χ4n) is 2.13. The van der Waals surface area contributed by atoms with Crippen molar-refractivity contribution >= 4 is 11.8 Å². The lowest BCUT2D eigenvalue weighted by molar-refractivity contribution is -0.128. The largest absolute Gasteiger partial charge is 0.478 e. The van der Waals surface area contributed by atoms with Crippen molar-refractivity contribution in [3.63, 3.8) is 0 Å². The van der Waals surface area contributed by atoms with E-state index in [4.69, 9.17) is 4.74 Å². The van der Waals surface area contributed by atoms with Gasteiger partial charge >= 0.3 is 0 Å². The van der Waals surface area contributed by atoms with Gasteiger partial charge in [0.05, 0.1) is 18.7 Å². The zero-order chi connectivity index (χ0) is 17.3. The third-order valence-corrected chi connectivity index (χ3v) is 4.29. The molecule has 0 aromatic heterocycles. The molecule has 1 aliphatic rings. The maximum Gasteiger partial charge on any atom is 0.235 e. The summed E-state index contributed by atoms with van der Waals surface area (Å²) in [5.41, 5.74) is -1.06. The number of aliphatic hydroxyl groups excluding tert-OH is 1. The Labute approximate surface area is 134 Å². The Balaban J connectivity index is 2.88. The molecule has 0 aromatic rings. The van der Waals surface area contributed by atoms with E-state index >= 15 is 0 Å². The molecule has 1 aliphatic heterocycles. The van der Waals surface area contributed by atoms with Crippen LogP contribution in [0.4, 0.5) is 0 Å². The molecule has 1 rings (SSSR count). The van der Waals surface area contributed by atoms with E-state index in [0.29, 0.717) is 12.5 Å². The maximum atomic E-state index is 12.6. The van der Waals surface area contributed by atoms with Gasteiger partial charge in [0.15, 0.2) is 5.90 Å². The monoisotopic (exact) mass is 312 g/mol. The number of aliphatic imine (C=N–C) groups is 1. The minimum absolute atomic E-state index is 0.00729. The molecule has 5 heteroatoms. The average Bonchev–Trinajstić information content (AvgIpc) is 2.83. The van der Waals surface area contributed by atoms with E-state index in [2.05, 4.69) is 31.1 Å². The molecule has 0 aliphatic carbocycles. The summed E-state index contributed by atoms with van der Waals surface area (Å²) in [6.07, 6.45) is 0. The topological polar surface area (TPSA) is 70.9 Å². The van der Waals surface area contributed by atoms with Crippen LogP contribution >= 0.6 is 0 Å². The third-order valence-electron chi connectivity index (χ3n) is 4.29. The minimum atomic E-state index is -0.849. The lowest BCUT2D eigenvalue weighted by Gasteiger charge is -2.33. The first-order valence-corrected chi connectivity index (χ1v) is 7.93. The van der Waals surface area contributed by atoms with Crippen LogP contribution in [0.25, 0.3) is 0 Å². The number of hydrogen-bond acceptors (Lipinski definition) is 4. The molecule has 1 heterocycles. The lowest BCUT2D eigenvalue weighted by atomic mass is 9.85. The molecular formula is C17H32N2O3. The zero-order valence-electron chi connectivity index (χ0n) is 15.3. The fourth-order valence-corrected chi connectivity index (χ4v) is 2.13. The fraction of sp³-hybridized carbons (Fsp3) is 0.882. The van der Waals surface area contributed by atoms with Crippen molar-refractivity contribution in [1.82, 2.24) is 5.32 Å². The average molecular weight is 312 g/mol. The summed E-state index contributed by atoms with van der Waals surface area (Å²) in [5, 5.41) is 12.4. The Morgan fingerprint density at radius 2 is 1.82 bits per heavy atom. The molecule has 22 heavy (non-hydrogen) atoms. The number of ether oxygens (including phenoxy) is 1. The van der Waals surface area contributed by atoms with Crippen LogP contribution in [0.1, 0.15) is 55.4 Å². The summed E-state index contributed by atoms with van der Waals surface area (Å²) >= 11 is 0. The molecule has 2 N–H and O–H groups in total. The smallest absolute Gasteiger partial charge is 0.235 e. The predicted molar refractivity (Wildman–Crippen MR) is 88.9 cm³/mol.